The summed E-state index contributed by atoms with van der Waals surface area (Å²) in [6.45, 7) is 4.25. The van der Waals surface area contributed by atoms with Gasteiger partial charge in [0.25, 0.3) is 0 Å². The summed E-state index contributed by atoms with van der Waals surface area (Å²) in [5.41, 5.74) is 7.06. The Morgan fingerprint density at radius 2 is 2.11 bits per heavy atom. The third kappa shape index (κ3) is 3.48. The van der Waals surface area contributed by atoms with Crippen molar-refractivity contribution in [2.45, 2.75) is 13.8 Å². The lowest BCUT2D eigenvalue weighted by molar-refractivity contribution is 0.325. The third-order valence-corrected chi connectivity index (χ3v) is 2.69. The van der Waals surface area contributed by atoms with Crippen LogP contribution in [0.1, 0.15) is 12.7 Å². The lowest BCUT2D eigenvalue weighted by atomic mass is 10.3. The topological polar surface area (TPSA) is 73.1 Å². The van der Waals surface area contributed by atoms with E-state index in [1.54, 1.807) is 31.2 Å². The summed E-state index contributed by atoms with van der Waals surface area (Å²) in [6, 6.07) is 6.94. The average Bonchev–Trinajstić information content (AvgIpc) is 2.33. The average molecular weight is 279 g/mol. The zero-order valence-electron chi connectivity index (χ0n) is 10.8. The largest absolute Gasteiger partial charge is 0.478 e. The molecule has 5 nitrogen and oxygen atoms in total. The van der Waals surface area contributed by atoms with Crippen molar-refractivity contribution in [3.63, 3.8) is 0 Å². The number of hydrogen-bond donors (Lipinski definition) is 2. The number of nitrogens with two attached hydrogens (primary N) is 1. The van der Waals surface area contributed by atoms with Crippen LogP contribution in [0.25, 0.3) is 0 Å². The molecule has 19 heavy (non-hydrogen) atoms. The monoisotopic (exact) mass is 278 g/mol. The third-order valence-electron chi connectivity index (χ3n) is 2.36. The summed E-state index contributed by atoms with van der Waals surface area (Å²) in [4.78, 5) is 8.45. The van der Waals surface area contributed by atoms with Crippen molar-refractivity contribution < 1.29 is 4.74 Å². The minimum absolute atomic E-state index is 0.525. The standard InChI is InChI=1S/C13H15ClN4O/c1-3-19-13-7-12(16-8(2)17-13)18-11-6-9(15)4-5-10(11)14/h4-7H,3,15H2,1-2H3,(H,16,17,18). The molecule has 3 N–H and O–H groups in total. The zero-order chi connectivity index (χ0) is 13.8. The number of nitrogens with zero attached hydrogens (tertiary/aromatic N) is 2. The van der Waals surface area contributed by atoms with Crippen molar-refractivity contribution >= 4 is 28.8 Å². The molecule has 0 atom stereocenters. The molecular weight excluding hydrogens is 264 g/mol. The van der Waals surface area contributed by atoms with Crippen LogP contribution in [0.4, 0.5) is 17.2 Å². The lowest BCUT2D eigenvalue weighted by Crippen LogP contribution is -2.02. The predicted molar refractivity (Wildman–Crippen MR) is 77.1 cm³/mol. The highest BCUT2D eigenvalue weighted by atomic mass is 35.5. The van der Waals surface area contributed by atoms with Gasteiger partial charge in [0.1, 0.15) is 11.6 Å². The van der Waals surface area contributed by atoms with E-state index in [4.69, 9.17) is 22.1 Å². The maximum atomic E-state index is 6.09. The Morgan fingerprint density at radius 3 is 2.84 bits per heavy atom. The molecule has 6 heteroatoms. The number of anilines is 3. The summed E-state index contributed by atoms with van der Waals surface area (Å²) in [7, 11) is 0. The van der Waals surface area contributed by atoms with Crippen molar-refractivity contribution in [1.82, 2.24) is 9.97 Å². The van der Waals surface area contributed by atoms with Crippen LogP contribution in [0, 0.1) is 6.92 Å². The molecule has 0 amide bonds. The molecule has 0 bridgehead atoms. The molecule has 2 aromatic rings. The highest BCUT2D eigenvalue weighted by Crippen LogP contribution is 2.27. The molecular formula is C13H15ClN4O. The second-order valence-corrected chi connectivity index (χ2v) is 4.34. The van der Waals surface area contributed by atoms with Crippen LogP contribution >= 0.6 is 11.6 Å². The number of benzene rings is 1. The molecule has 0 radical (unpaired) electrons. The Kier molecular flexibility index (Phi) is 4.06. The van der Waals surface area contributed by atoms with E-state index in [1.807, 2.05) is 6.92 Å². The van der Waals surface area contributed by atoms with E-state index < -0.39 is 0 Å². The first-order valence-electron chi connectivity index (χ1n) is 5.89. The normalized spacial score (nSPS) is 10.3. The smallest absolute Gasteiger partial charge is 0.218 e. The van der Waals surface area contributed by atoms with Crippen LogP contribution in [0.3, 0.4) is 0 Å². The number of hydrogen-bond acceptors (Lipinski definition) is 5. The minimum Gasteiger partial charge on any atom is -0.478 e. The fourth-order valence-electron chi connectivity index (χ4n) is 1.60. The second-order valence-electron chi connectivity index (χ2n) is 3.94. The highest BCUT2D eigenvalue weighted by molar-refractivity contribution is 6.33. The summed E-state index contributed by atoms with van der Waals surface area (Å²) in [5.74, 6) is 1.76. The van der Waals surface area contributed by atoms with Crippen LogP contribution in [-0.4, -0.2) is 16.6 Å². The van der Waals surface area contributed by atoms with Crippen molar-refractivity contribution in [3.05, 3.63) is 35.1 Å². The summed E-state index contributed by atoms with van der Waals surface area (Å²) in [6.07, 6.45) is 0. The summed E-state index contributed by atoms with van der Waals surface area (Å²) < 4.78 is 5.37. The van der Waals surface area contributed by atoms with E-state index in [-0.39, 0.29) is 0 Å². The Morgan fingerprint density at radius 1 is 1.32 bits per heavy atom. The number of ether oxygens (including phenoxy) is 1. The predicted octanol–water partition coefficient (Wildman–Crippen LogP) is 3.16. The maximum absolute atomic E-state index is 6.09. The number of nitrogen functional groups attached to an aromatic ring is 1. The van der Waals surface area contributed by atoms with Gasteiger partial charge in [0.15, 0.2) is 0 Å². The van der Waals surface area contributed by atoms with Crippen molar-refractivity contribution in [2.24, 2.45) is 0 Å². The molecule has 0 fully saturated rings. The number of halogens is 1. The second kappa shape index (κ2) is 5.75. The first kappa shape index (κ1) is 13.4. The fourth-order valence-corrected chi connectivity index (χ4v) is 1.77. The van der Waals surface area contributed by atoms with Gasteiger partial charge in [-0.2, -0.15) is 4.98 Å². The molecule has 0 saturated heterocycles. The van der Waals surface area contributed by atoms with Gasteiger partial charge in [0.2, 0.25) is 5.88 Å². The van der Waals surface area contributed by atoms with Gasteiger partial charge < -0.3 is 15.8 Å². The van der Waals surface area contributed by atoms with Crippen LogP contribution < -0.4 is 15.8 Å². The van der Waals surface area contributed by atoms with Crippen molar-refractivity contribution in [3.8, 4) is 5.88 Å². The number of nitrogens with one attached hydrogen (secondary N) is 1. The van der Waals surface area contributed by atoms with Gasteiger partial charge >= 0.3 is 0 Å². The van der Waals surface area contributed by atoms with Crippen molar-refractivity contribution in [1.29, 1.82) is 0 Å². The molecule has 0 spiro atoms. The van der Waals surface area contributed by atoms with Crippen LogP contribution in [0.2, 0.25) is 5.02 Å². The molecule has 1 heterocycles. The van der Waals surface area contributed by atoms with Gasteiger partial charge in [-0.25, -0.2) is 4.98 Å². The number of aryl methyl sites for hydroxylation is 1. The molecule has 1 aromatic carbocycles. The summed E-state index contributed by atoms with van der Waals surface area (Å²) in [5, 5.41) is 3.68. The zero-order valence-corrected chi connectivity index (χ0v) is 11.5. The van der Waals surface area contributed by atoms with E-state index in [2.05, 4.69) is 15.3 Å². The van der Waals surface area contributed by atoms with Gasteiger partial charge in [-0.1, -0.05) is 11.6 Å². The quantitative estimate of drug-likeness (QED) is 0.841. The molecule has 0 unspecified atom stereocenters. The van der Waals surface area contributed by atoms with E-state index in [1.165, 1.54) is 0 Å². The van der Waals surface area contributed by atoms with Crippen molar-refractivity contribution in [2.75, 3.05) is 17.7 Å². The van der Waals surface area contributed by atoms with Gasteiger partial charge in [-0.05, 0) is 32.0 Å². The van der Waals surface area contributed by atoms with E-state index in [0.717, 1.165) is 0 Å². The maximum Gasteiger partial charge on any atom is 0.218 e. The Hall–Kier alpha value is -2.01. The van der Waals surface area contributed by atoms with E-state index >= 15 is 0 Å². The van der Waals surface area contributed by atoms with E-state index in [9.17, 15) is 0 Å². The van der Waals surface area contributed by atoms with Crippen LogP contribution in [0.5, 0.6) is 5.88 Å². The van der Waals surface area contributed by atoms with Crippen LogP contribution in [-0.2, 0) is 0 Å². The molecule has 1 aromatic heterocycles. The summed E-state index contributed by atoms with van der Waals surface area (Å²) >= 11 is 6.09. The van der Waals surface area contributed by atoms with Crippen LogP contribution in [0.15, 0.2) is 24.3 Å². The van der Waals surface area contributed by atoms with Gasteiger partial charge in [0.05, 0.1) is 17.3 Å². The van der Waals surface area contributed by atoms with E-state index in [0.29, 0.717) is 40.5 Å². The van der Waals surface area contributed by atoms with Gasteiger partial charge in [-0.3, -0.25) is 0 Å². The Labute approximate surface area is 116 Å². The first-order chi connectivity index (χ1) is 9.08. The molecule has 0 aliphatic rings. The molecule has 2 rings (SSSR count). The fraction of sp³-hybridized carbons (Fsp3) is 0.231. The minimum atomic E-state index is 0.525. The lowest BCUT2D eigenvalue weighted by Gasteiger charge is -2.10. The number of aromatic nitrogens is 2. The Balaban J connectivity index is 2.29. The molecule has 0 aliphatic carbocycles. The molecule has 0 saturated carbocycles. The first-order valence-corrected chi connectivity index (χ1v) is 6.27. The highest BCUT2D eigenvalue weighted by Gasteiger charge is 2.06. The molecule has 0 aliphatic heterocycles. The SMILES string of the molecule is CCOc1cc(Nc2cc(N)ccc2Cl)nc(C)n1. The molecule has 100 valence electrons. The number of rotatable bonds is 4. The van der Waals surface area contributed by atoms with Gasteiger partial charge in [0, 0.05) is 11.8 Å². The Bertz CT molecular complexity index is 589. The van der Waals surface area contributed by atoms with Gasteiger partial charge in [-0.15, -0.1) is 0 Å².